The Morgan fingerprint density at radius 3 is 1.39 bits per heavy atom. The molecule has 0 fully saturated rings. The summed E-state index contributed by atoms with van der Waals surface area (Å²) in [6, 6.07) is 10.9. The van der Waals surface area contributed by atoms with Crippen LogP contribution < -0.4 is 5.01 Å². The van der Waals surface area contributed by atoms with Crippen LogP contribution in [0.5, 0.6) is 0 Å². The average Bonchev–Trinajstić information content (AvgIpc) is 2.74. The normalized spacial score (nSPS) is 11.3. The maximum absolute atomic E-state index is 2.49. The minimum atomic E-state index is 1.07. The van der Waals surface area contributed by atoms with Crippen molar-refractivity contribution >= 4 is 5.69 Å². The van der Waals surface area contributed by atoms with Crippen molar-refractivity contribution in [2.45, 2.75) is 111 Å². The molecule has 2 heteroatoms. The van der Waals surface area contributed by atoms with E-state index in [1.165, 1.54) is 95.6 Å². The highest BCUT2D eigenvalue weighted by atomic mass is 15.6. The predicted octanol–water partition coefficient (Wildman–Crippen LogP) is 8.23. The minimum absolute atomic E-state index is 1.07. The summed E-state index contributed by atoms with van der Waals surface area (Å²) in [4.78, 5) is 0. The molecular formula is C26H48N2. The third kappa shape index (κ3) is 11.7. The van der Waals surface area contributed by atoms with Gasteiger partial charge >= 0.3 is 0 Å². The van der Waals surface area contributed by atoms with E-state index in [1.54, 1.807) is 0 Å². The summed E-state index contributed by atoms with van der Waals surface area (Å²) in [5.41, 5.74) is 1.33. The Kier molecular flexibility index (Phi) is 16.1. The zero-order valence-electron chi connectivity index (χ0n) is 19.3. The van der Waals surface area contributed by atoms with Crippen LogP contribution in [0.25, 0.3) is 0 Å². The second-order valence-electron chi connectivity index (χ2n) is 8.19. The maximum atomic E-state index is 2.49. The summed E-state index contributed by atoms with van der Waals surface area (Å²) in [6.07, 6.45) is 19.9. The number of hydrogen-bond donors (Lipinski definition) is 0. The molecule has 0 saturated carbocycles. The molecule has 0 saturated heterocycles. The van der Waals surface area contributed by atoms with E-state index in [2.05, 4.69) is 61.1 Å². The smallest absolute Gasteiger partial charge is 0.0522 e. The molecule has 0 amide bonds. The molecule has 0 bridgehead atoms. The molecule has 2 nitrogen and oxygen atoms in total. The van der Waals surface area contributed by atoms with Crippen LogP contribution in [0.1, 0.15) is 111 Å². The lowest BCUT2D eigenvalue weighted by Crippen LogP contribution is -2.43. The van der Waals surface area contributed by atoms with Crippen LogP contribution in [0.3, 0.4) is 0 Å². The number of unbranched alkanes of at least 4 members (excludes halogenated alkanes) is 13. The van der Waals surface area contributed by atoms with Crippen molar-refractivity contribution in [2.75, 3.05) is 24.6 Å². The second-order valence-corrected chi connectivity index (χ2v) is 8.19. The van der Waals surface area contributed by atoms with Gasteiger partial charge in [0, 0.05) is 19.6 Å². The zero-order valence-corrected chi connectivity index (χ0v) is 19.3. The first kappa shape index (κ1) is 25.0. The summed E-state index contributed by atoms with van der Waals surface area (Å²) in [6.45, 7) is 10.1. The first-order chi connectivity index (χ1) is 13.8. The van der Waals surface area contributed by atoms with Crippen LogP contribution in [0, 0.1) is 0 Å². The summed E-state index contributed by atoms with van der Waals surface area (Å²) in [5, 5.41) is 4.94. The number of anilines is 1. The van der Waals surface area contributed by atoms with Crippen LogP contribution in [0.4, 0.5) is 5.69 Å². The van der Waals surface area contributed by atoms with Gasteiger partial charge in [-0.25, -0.2) is 5.01 Å². The largest absolute Gasteiger partial charge is 0.306 e. The van der Waals surface area contributed by atoms with Crippen molar-refractivity contribution in [1.82, 2.24) is 5.01 Å². The number of rotatable bonds is 19. The number of hydrazine groups is 1. The van der Waals surface area contributed by atoms with Gasteiger partial charge in [0.05, 0.1) is 5.69 Å². The molecule has 162 valence electrons. The second kappa shape index (κ2) is 18.0. The molecule has 0 aliphatic carbocycles. The Labute approximate surface area is 176 Å². The summed E-state index contributed by atoms with van der Waals surface area (Å²) >= 11 is 0. The van der Waals surface area contributed by atoms with Crippen molar-refractivity contribution < 1.29 is 0 Å². The number of benzene rings is 1. The Balaban J connectivity index is 2.04. The fourth-order valence-corrected chi connectivity index (χ4v) is 4.06. The van der Waals surface area contributed by atoms with Gasteiger partial charge in [0.25, 0.3) is 0 Å². The third-order valence-electron chi connectivity index (χ3n) is 5.85. The lowest BCUT2D eigenvalue weighted by molar-refractivity contribution is 0.272. The highest BCUT2D eigenvalue weighted by Gasteiger charge is 2.12. The van der Waals surface area contributed by atoms with Crippen LogP contribution in [0.2, 0.25) is 0 Å². The number of para-hydroxylation sites is 1. The molecule has 0 heterocycles. The molecule has 0 aliphatic rings. The highest BCUT2D eigenvalue weighted by molar-refractivity contribution is 5.44. The molecule has 0 aliphatic heterocycles. The van der Waals surface area contributed by atoms with Gasteiger partial charge in [-0.05, 0) is 18.6 Å². The Morgan fingerprint density at radius 1 is 0.536 bits per heavy atom. The molecule has 0 atom stereocenters. The van der Waals surface area contributed by atoms with Crippen molar-refractivity contribution in [1.29, 1.82) is 0 Å². The van der Waals surface area contributed by atoms with Crippen molar-refractivity contribution in [3.8, 4) is 0 Å². The van der Waals surface area contributed by atoms with Gasteiger partial charge in [-0.3, -0.25) is 0 Å². The van der Waals surface area contributed by atoms with E-state index >= 15 is 0 Å². The summed E-state index contributed by atoms with van der Waals surface area (Å²) in [7, 11) is 0. The van der Waals surface area contributed by atoms with E-state index in [0.29, 0.717) is 0 Å². The molecule has 28 heavy (non-hydrogen) atoms. The predicted molar refractivity (Wildman–Crippen MR) is 127 cm³/mol. The molecule has 0 spiro atoms. The van der Waals surface area contributed by atoms with Gasteiger partial charge in [0.1, 0.15) is 0 Å². The lowest BCUT2D eigenvalue weighted by Gasteiger charge is -2.35. The summed E-state index contributed by atoms with van der Waals surface area (Å²) in [5.74, 6) is 0. The van der Waals surface area contributed by atoms with E-state index in [-0.39, 0.29) is 0 Å². The Bertz CT molecular complexity index is 427. The first-order valence-electron chi connectivity index (χ1n) is 12.4. The van der Waals surface area contributed by atoms with Crippen LogP contribution >= 0.6 is 0 Å². The molecule has 0 aromatic heterocycles. The standard InChI is InChI=1S/C26H48N2/c1-4-7-8-9-10-11-12-13-14-15-16-17-18-22-25-28(27(5-2)6-3)26-23-20-19-21-24-26/h19-21,23-24H,4-18,22,25H2,1-3H3. The highest BCUT2D eigenvalue weighted by Crippen LogP contribution is 2.18. The third-order valence-corrected chi connectivity index (χ3v) is 5.85. The lowest BCUT2D eigenvalue weighted by atomic mass is 10.0. The number of nitrogens with zero attached hydrogens (tertiary/aromatic N) is 2. The van der Waals surface area contributed by atoms with E-state index in [0.717, 1.165) is 19.6 Å². The van der Waals surface area contributed by atoms with Crippen molar-refractivity contribution in [3.05, 3.63) is 30.3 Å². The van der Waals surface area contributed by atoms with E-state index < -0.39 is 0 Å². The first-order valence-corrected chi connectivity index (χ1v) is 12.4. The van der Waals surface area contributed by atoms with Gasteiger partial charge in [-0.2, -0.15) is 0 Å². The van der Waals surface area contributed by atoms with Gasteiger partial charge in [0.15, 0.2) is 0 Å². The molecule has 0 radical (unpaired) electrons. The van der Waals surface area contributed by atoms with Gasteiger partial charge < -0.3 is 5.01 Å². The SMILES string of the molecule is CCCCCCCCCCCCCCCCN(c1ccccc1)N(CC)CC. The summed E-state index contributed by atoms with van der Waals surface area (Å²) < 4.78 is 0. The van der Waals surface area contributed by atoms with Crippen LogP contribution in [-0.2, 0) is 0 Å². The zero-order chi connectivity index (χ0) is 20.3. The average molecular weight is 389 g/mol. The molecule has 0 unspecified atom stereocenters. The topological polar surface area (TPSA) is 6.48 Å². The minimum Gasteiger partial charge on any atom is -0.306 e. The molecule has 1 aromatic carbocycles. The monoisotopic (exact) mass is 388 g/mol. The maximum Gasteiger partial charge on any atom is 0.0522 e. The quantitative estimate of drug-likeness (QED) is 0.174. The number of hydrogen-bond acceptors (Lipinski definition) is 2. The Morgan fingerprint density at radius 2 is 0.964 bits per heavy atom. The molecule has 0 N–H and O–H groups in total. The molecule has 1 rings (SSSR count). The van der Waals surface area contributed by atoms with E-state index in [9.17, 15) is 0 Å². The molecular weight excluding hydrogens is 340 g/mol. The van der Waals surface area contributed by atoms with Crippen LogP contribution in [0.15, 0.2) is 30.3 Å². The van der Waals surface area contributed by atoms with E-state index in [4.69, 9.17) is 0 Å². The fourth-order valence-electron chi connectivity index (χ4n) is 4.06. The van der Waals surface area contributed by atoms with Gasteiger partial charge in [0.2, 0.25) is 0 Å². The molecule has 1 aromatic rings. The van der Waals surface area contributed by atoms with E-state index in [1.807, 2.05) is 0 Å². The van der Waals surface area contributed by atoms with Crippen LogP contribution in [-0.4, -0.2) is 24.6 Å². The van der Waals surface area contributed by atoms with Crippen molar-refractivity contribution in [2.24, 2.45) is 0 Å². The Hall–Kier alpha value is -1.02. The fraction of sp³-hybridized carbons (Fsp3) is 0.769. The van der Waals surface area contributed by atoms with Crippen molar-refractivity contribution in [3.63, 3.8) is 0 Å². The van der Waals surface area contributed by atoms with Gasteiger partial charge in [-0.1, -0.05) is 122 Å². The van der Waals surface area contributed by atoms with Gasteiger partial charge in [-0.15, -0.1) is 0 Å².